The lowest BCUT2D eigenvalue weighted by Crippen LogP contribution is -2.49. The van der Waals surface area contributed by atoms with Gasteiger partial charge in [-0.15, -0.1) is 0 Å². The minimum Gasteiger partial charge on any atom is -0.508 e. The lowest BCUT2D eigenvalue weighted by molar-refractivity contribution is 0.107. The summed E-state index contributed by atoms with van der Waals surface area (Å²) in [6, 6.07) is 3.00. The van der Waals surface area contributed by atoms with Crippen molar-refractivity contribution in [1.29, 1.82) is 0 Å². The third-order valence-electron chi connectivity index (χ3n) is 10.2. The summed E-state index contributed by atoms with van der Waals surface area (Å²) in [7, 11) is 1.93. The summed E-state index contributed by atoms with van der Waals surface area (Å²) >= 11 is 6.58. The second-order valence-electron chi connectivity index (χ2n) is 12.8. The third kappa shape index (κ3) is 4.41. The number of hydrogen-bond donors (Lipinski definition) is 1. The van der Waals surface area contributed by atoms with Gasteiger partial charge in [-0.3, -0.25) is 4.90 Å². The SMILES string of the molecule is CN1c2nc(OC[C@@]34CCCN3C[C@H](F)C4)nc3c(F)c(-c4cc(O)cc(Cl)c4C4CC4)nc(c23)OCCC12CCOC2. The second-order valence-corrected chi connectivity index (χ2v) is 13.3. The molecule has 4 aliphatic heterocycles. The average Bonchev–Trinajstić information content (AvgIpc) is 3.41. The molecule has 1 saturated carbocycles. The number of ether oxygens (including phenoxy) is 3. The summed E-state index contributed by atoms with van der Waals surface area (Å²) < 4.78 is 49.6. The van der Waals surface area contributed by atoms with Crippen LogP contribution < -0.4 is 14.4 Å². The predicted molar refractivity (Wildman–Crippen MR) is 157 cm³/mol. The van der Waals surface area contributed by atoms with Crippen molar-refractivity contribution in [3.63, 3.8) is 0 Å². The van der Waals surface area contributed by atoms with Gasteiger partial charge < -0.3 is 24.2 Å². The molecule has 5 aliphatic rings. The van der Waals surface area contributed by atoms with Gasteiger partial charge in [0.05, 0.1) is 24.3 Å². The molecule has 0 radical (unpaired) electrons. The molecule has 1 aromatic carbocycles. The molecular weight excluding hydrogens is 580 g/mol. The fraction of sp³-hybridized carbons (Fsp3) is 0.581. The van der Waals surface area contributed by atoms with E-state index in [1.807, 2.05) is 11.9 Å². The van der Waals surface area contributed by atoms with Gasteiger partial charge in [0.15, 0.2) is 5.82 Å². The highest BCUT2D eigenvalue weighted by molar-refractivity contribution is 6.32. The zero-order valence-corrected chi connectivity index (χ0v) is 24.8. The zero-order valence-electron chi connectivity index (χ0n) is 24.0. The molecule has 0 bridgehead atoms. The number of aromatic hydroxyl groups is 1. The molecule has 9 nitrogen and oxygen atoms in total. The topological polar surface area (TPSA) is 93.1 Å². The number of aromatic nitrogens is 3. The first-order valence-corrected chi connectivity index (χ1v) is 15.6. The van der Waals surface area contributed by atoms with Gasteiger partial charge in [-0.1, -0.05) is 11.6 Å². The maximum Gasteiger partial charge on any atom is 0.319 e. The number of nitrogens with zero attached hydrogens (tertiary/aromatic N) is 5. The van der Waals surface area contributed by atoms with E-state index in [1.54, 1.807) is 0 Å². The predicted octanol–water partition coefficient (Wildman–Crippen LogP) is 5.40. The Morgan fingerprint density at radius 3 is 2.79 bits per heavy atom. The Morgan fingerprint density at radius 2 is 2.00 bits per heavy atom. The molecule has 1 aliphatic carbocycles. The van der Waals surface area contributed by atoms with Crippen LogP contribution in [-0.4, -0.2) is 88.8 Å². The molecule has 3 aromatic rings. The standard InChI is InChI=1S/C31H34ClF2N5O4/c1-38-27-23-26(36-29(37-27)43-16-31-5-2-8-39(31)14-18(33)13-31)24(34)25(20-11-19(40)12-21(32)22(20)17-3-4-17)35-28(23)42-10-7-30(38)6-9-41-15-30/h11-12,17-18,40H,2-10,13-16H2,1H3/t18-,30?,31+/m1/s1. The van der Waals surface area contributed by atoms with E-state index in [4.69, 9.17) is 35.8 Å². The van der Waals surface area contributed by atoms with Gasteiger partial charge in [-0.2, -0.15) is 9.97 Å². The van der Waals surface area contributed by atoms with Crippen LogP contribution in [0.1, 0.15) is 56.4 Å². The molecule has 43 heavy (non-hydrogen) atoms. The molecule has 2 aromatic heterocycles. The first-order valence-electron chi connectivity index (χ1n) is 15.2. The number of phenols is 1. The van der Waals surface area contributed by atoms with Crippen molar-refractivity contribution in [1.82, 2.24) is 19.9 Å². The van der Waals surface area contributed by atoms with Gasteiger partial charge in [-0.05, 0) is 62.3 Å². The minimum absolute atomic E-state index is 0.0107. The monoisotopic (exact) mass is 613 g/mol. The van der Waals surface area contributed by atoms with Crippen LogP contribution in [0, 0.1) is 5.82 Å². The Morgan fingerprint density at radius 1 is 1.16 bits per heavy atom. The van der Waals surface area contributed by atoms with Gasteiger partial charge in [0, 0.05) is 43.6 Å². The first kappa shape index (κ1) is 27.5. The van der Waals surface area contributed by atoms with E-state index in [1.165, 1.54) is 12.1 Å². The van der Waals surface area contributed by atoms with Crippen molar-refractivity contribution >= 4 is 28.3 Å². The van der Waals surface area contributed by atoms with Crippen LogP contribution in [0.4, 0.5) is 14.6 Å². The molecule has 3 atom stereocenters. The molecule has 4 fully saturated rings. The molecule has 8 rings (SSSR count). The zero-order chi connectivity index (χ0) is 29.5. The average molecular weight is 614 g/mol. The van der Waals surface area contributed by atoms with Gasteiger partial charge in [0.25, 0.3) is 0 Å². The van der Waals surface area contributed by atoms with E-state index in [0.29, 0.717) is 61.0 Å². The fourth-order valence-corrected chi connectivity index (χ4v) is 8.08. The quantitative estimate of drug-likeness (QED) is 0.406. The van der Waals surface area contributed by atoms with Crippen LogP contribution in [0.3, 0.4) is 0 Å². The van der Waals surface area contributed by atoms with Crippen LogP contribution in [-0.2, 0) is 4.74 Å². The Balaban J connectivity index is 1.30. The van der Waals surface area contributed by atoms with E-state index >= 15 is 4.39 Å². The molecule has 1 spiro atoms. The van der Waals surface area contributed by atoms with Gasteiger partial charge in [0.2, 0.25) is 5.88 Å². The summed E-state index contributed by atoms with van der Waals surface area (Å²) in [5.41, 5.74) is 0.401. The molecule has 228 valence electrons. The number of benzene rings is 1. The van der Waals surface area contributed by atoms with Crippen molar-refractivity contribution in [2.45, 2.75) is 68.1 Å². The highest BCUT2D eigenvalue weighted by Crippen LogP contribution is 2.51. The highest BCUT2D eigenvalue weighted by atomic mass is 35.5. The Hall–Kier alpha value is -3.02. The summed E-state index contributed by atoms with van der Waals surface area (Å²) in [4.78, 5) is 18.3. The lowest BCUT2D eigenvalue weighted by Gasteiger charge is -2.40. The van der Waals surface area contributed by atoms with Crippen molar-refractivity contribution < 1.29 is 28.1 Å². The van der Waals surface area contributed by atoms with E-state index in [2.05, 4.69) is 9.88 Å². The molecule has 6 heterocycles. The Bertz CT molecular complexity index is 1620. The van der Waals surface area contributed by atoms with Gasteiger partial charge >= 0.3 is 6.01 Å². The summed E-state index contributed by atoms with van der Waals surface area (Å²) in [5.74, 6) is 0.0791. The van der Waals surface area contributed by atoms with Crippen LogP contribution in [0.2, 0.25) is 5.02 Å². The molecular formula is C31H34ClF2N5O4. The van der Waals surface area contributed by atoms with Crippen molar-refractivity contribution in [3.05, 3.63) is 28.5 Å². The van der Waals surface area contributed by atoms with Crippen molar-refractivity contribution in [3.8, 4) is 28.9 Å². The summed E-state index contributed by atoms with van der Waals surface area (Å²) in [5, 5.41) is 11.2. The van der Waals surface area contributed by atoms with Crippen LogP contribution in [0.25, 0.3) is 22.2 Å². The fourth-order valence-electron chi connectivity index (χ4n) is 7.72. The van der Waals surface area contributed by atoms with E-state index < -0.39 is 23.1 Å². The molecule has 1 N–H and O–H groups in total. The number of phenolic OH excluding ortho intramolecular Hbond substituents is 1. The van der Waals surface area contributed by atoms with Gasteiger partial charge in [-0.25, -0.2) is 13.8 Å². The molecule has 0 amide bonds. The largest absolute Gasteiger partial charge is 0.508 e. The number of anilines is 1. The Kier molecular flexibility index (Phi) is 6.40. The normalized spacial score (nSPS) is 28.7. The molecule has 1 unspecified atom stereocenters. The van der Waals surface area contributed by atoms with Crippen molar-refractivity contribution in [2.75, 3.05) is 51.5 Å². The number of hydrogen-bond acceptors (Lipinski definition) is 9. The molecule has 3 saturated heterocycles. The number of alkyl halides is 1. The number of fused-ring (bicyclic) bond motifs is 1. The highest BCUT2D eigenvalue weighted by Gasteiger charge is 2.50. The van der Waals surface area contributed by atoms with Crippen LogP contribution in [0.5, 0.6) is 17.6 Å². The smallest absolute Gasteiger partial charge is 0.319 e. The van der Waals surface area contributed by atoms with Crippen molar-refractivity contribution in [2.24, 2.45) is 0 Å². The minimum atomic E-state index is -0.899. The number of likely N-dealkylation sites (N-methyl/N-ethyl adjacent to an activating group) is 1. The van der Waals surface area contributed by atoms with Crippen LogP contribution in [0.15, 0.2) is 12.1 Å². The maximum atomic E-state index is 16.8. The summed E-state index contributed by atoms with van der Waals surface area (Å²) in [6.45, 7) is 2.88. The van der Waals surface area contributed by atoms with Crippen LogP contribution >= 0.6 is 11.6 Å². The molecule has 12 heteroatoms. The number of halogens is 3. The Labute approximate surface area is 253 Å². The first-order chi connectivity index (χ1) is 20.8. The van der Waals surface area contributed by atoms with E-state index in [-0.39, 0.29) is 41.4 Å². The second kappa shape index (κ2) is 10.0. The summed E-state index contributed by atoms with van der Waals surface area (Å²) in [6.07, 6.45) is 4.57. The number of pyridine rings is 1. The maximum absolute atomic E-state index is 16.8. The number of rotatable bonds is 5. The third-order valence-corrected chi connectivity index (χ3v) is 10.5. The van der Waals surface area contributed by atoms with E-state index in [9.17, 15) is 9.50 Å². The lowest BCUT2D eigenvalue weighted by atomic mass is 9.92. The van der Waals surface area contributed by atoms with Gasteiger partial charge in [0.1, 0.15) is 40.9 Å². The van der Waals surface area contributed by atoms with E-state index in [0.717, 1.165) is 44.2 Å².